The molecule has 2 nitrogen and oxygen atoms in total. The van der Waals surface area contributed by atoms with E-state index < -0.39 is 18.4 Å². The minimum atomic E-state index is -2.32. The van der Waals surface area contributed by atoms with Gasteiger partial charge in [0.1, 0.15) is 0 Å². The summed E-state index contributed by atoms with van der Waals surface area (Å²) in [6, 6.07) is 17.4. The molecule has 160 valence electrons. The molecule has 0 N–H and O–H groups in total. The third-order valence-electron chi connectivity index (χ3n) is 6.06. The van der Waals surface area contributed by atoms with Gasteiger partial charge in [0.2, 0.25) is 0 Å². The van der Waals surface area contributed by atoms with Gasteiger partial charge in [0.15, 0.2) is 0 Å². The molecule has 0 aliphatic rings. The van der Waals surface area contributed by atoms with E-state index in [1.165, 1.54) is 51.8 Å². The molecule has 2 aromatic rings. The summed E-state index contributed by atoms with van der Waals surface area (Å²) in [4.78, 5) is 0. The third-order valence-corrected chi connectivity index (χ3v) is 21.7. The standard InChI is InChI=1S/C14H13O2.3C4H9.Sn/c1-15-13-9-7-12(8-10-13)11-16-14-5-3-2-4-6-14;3*1-3-4-2;/h3-10H,11H2,1H3;3*1,3-4H2,2H3;. The first-order valence-electron chi connectivity index (χ1n) is 11.5. The van der Waals surface area contributed by atoms with Crippen molar-refractivity contribution in [1.82, 2.24) is 0 Å². The van der Waals surface area contributed by atoms with Crippen molar-refractivity contribution in [1.29, 1.82) is 0 Å². The van der Waals surface area contributed by atoms with Crippen LogP contribution >= 0.6 is 0 Å². The Morgan fingerprint density at radius 1 is 0.655 bits per heavy atom. The maximum atomic E-state index is 6.06. The van der Waals surface area contributed by atoms with Crippen molar-refractivity contribution in [2.45, 2.75) is 79.2 Å². The van der Waals surface area contributed by atoms with Gasteiger partial charge in [-0.05, 0) is 0 Å². The van der Waals surface area contributed by atoms with Crippen molar-refractivity contribution in [3.05, 3.63) is 54.1 Å². The van der Waals surface area contributed by atoms with Crippen molar-refractivity contribution in [3.63, 3.8) is 0 Å². The van der Waals surface area contributed by atoms with Crippen LogP contribution in [0.4, 0.5) is 0 Å². The van der Waals surface area contributed by atoms with Crippen molar-refractivity contribution >= 4 is 22.0 Å². The summed E-state index contributed by atoms with van der Waals surface area (Å²) in [5.74, 6) is 1.86. The molecule has 2 rings (SSSR count). The maximum absolute atomic E-state index is 6.06. The summed E-state index contributed by atoms with van der Waals surface area (Å²) < 4.78 is 17.5. The first-order chi connectivity index (χ1) is 14.2. The minimum absolute atomic E-state index is 0.596. The molecule has 0 bridgehead atoms. The molecular formula is C26H40O2Sn. The van der Waals surface area contributed by atoms with Gasteiger partial charge in [0.25, 0.3) is 0 Å². The summed E-state index contributed by atoms with van der Waals surface area (Å²) in [5, 5.41) is 0. The molecule has 0 amide bonds. The summed E-state index contributed by atoms with van der Waals surface area (Å²) >= 11 is -2.32. The molecule has 0 saturated carbocycles. The van der Waals surface area contributed by atoms with E-state index in [9.17, 15) is 0 Å². The van der Waals surface area contributed by atoms with E-state index >= 15 is 0 Å². The fraction of sp³-hybridized carbons (Fsp3) is 0.538. The van der Waals surface area contributed by atoms with E-state index in [0.29, 0.717) is 6.61 Å². The monoisotopic (exact) mass is 504 g/mol. The second-order valence-corrected chi connectivity index (χ2v) is 21.5. The zero-order valence-corrected chi connectivity index (χ0v) is 21.9. The molecule has 0 fully saturated rings. The van der Waals surface area contributed by atoms with Gasteiger partial charge in [-0.1, -0.05) is 0 Å². The fourth-order valence-corrected chi connectivity index (χ4v) is 20.1. The zero-order chi connectivity index (χ0) is 21.0. The molecule has 3 heteroatoms. The number of unbranched alkanes of at least 4 members (excludes halogenated alkanes) is 3. The molecule has 0 aliphatic carbocycles. The Kier molecular flexibility index (Phi) is 11.0. The molecular weight excluding hydrogens is 463 g/mol. The number of benzene rings is 2. The normalized spacial score (nSPS) is 11.4. The predicted octanol–water partition coefficient (Wildman–Crippen LogP) is 7.33. The number of ether oxygens (including phenoxy) is 2. The summed E-state index contributed by atoms with van der Waals surface area (Å²) in [6.07, 6.45) is 8.16. The summed E-state index contributed by atoms with van der Waals surface area (Å²) in [6.45, 7) is 7.62. The number of rotatable bonds is 14. The Labute approximate surface area is 182 Å². The topological polar surface area (TPSA) is 18.5 Å². The van der Waals surface area contributed by atoms with Gasteiger partial charge in [-0.3, -0.25) is 0 Å². The van der Waals surface area contributed by atoms with Crippen molar-refractivity contribution in [2.75, 3.05) is 7.11 Å². The average molecular weight is 503 g/mol. The van der Waals surface area contributed by atoms with Crippen LogP contribution in [0.5, 0.6) is 11.5 Å². The number of hydrogen-bond donors (Lipinski definition) is 0. The van der Waals surface area contributed by atoms with Crippen LogP contribution in [0, 0.1) is 0 Å². The van der Waals surface area contributed by atoms with Gasteiger partial charge in [0, 0.05) is 0 Å². The van der Waals surface area contributed by atoms with E-state index in [1.54, 1.807) is 10.7 Å². The van der Waals surface area contributed by atoms with Crippen LogP contribution in [0.2, 0.25) is 13.3 Å². The molecule has 29 heavy (non-hydrogen) atoms. The van der Waals surface area contributed by atoms with Crippen LogP contribution in [-0.2, 0) is 6.61 Å². The Bertz CT molecular complexity index is 657. The van der Waals surface area contributed by atoms with Crippen LogP contribution < -0.4 is 13.1 Å². The van der Waals surface area contributed by atoms with Crippen molar-refractivity contribution in [3.8, 4) is 11.5 Å². The predicted molar refractivity (Wildman–Crippen MR) is 128 cm³/mol. The van der Waals surface area contributed by atoms with Crippen LogP contribution in [-0.4, -0.2) is 25.5 Å². The van der Waals surface area contributed by atoms with E-state index in [0.717, 1.165) is 17.1 Å². The van der Waals surface area contributed by atoms with E-state index in [-0.39, 0.29) is 0 Å². The van der Waals surface area contributed by atoms with E-state index in [1.807, 2.05) is 12.1 Å². The zero-order valence-electron chi connectivity index (χ0n) is 19.0. The number of hydrogen-bond acceptors (Lipinski definition) is 2. The molecule has 0 spiro atoms. The van der Waals surface area contributed by atoms with Gasteiger partial charge < -0.3 is 0 Å². The number of methoxy groups -OCH3 is 1. The Morgan fingerprint density at radius 2 is 1.14 bits per heavy atom. The first kappa shape index (κ1) is 24.1. The van der Waals surface area contributed by atoms with E-state index in [4.69, 9.17) is 9.47 Å². The SMILES string of the molecule is CCC[CH2][Sn]([CH2]CCC)([CH2]CCC)[c]1ccc(OCc2ccc(OC)cc2)cc1. The molecule has 0 unspecified atom stereocenters. The third kappa shape index (κ3) is 7.55. The van der Waals surface area contributed by atoms with Crippen molar-refractivity contribution in [2.24, 2.45) is 0 Å². The molecule has 0 radical (unpaired) electrons. The molecule has 2 aromatic carbocycles. The van der Waals surface area contributed by atoms with Gasteiger partial charge in [-0.25, -0.2) is 0 Å². The Hall–Kier alpha value is -1.16. The molecule has 0 atom stereocenters. The quantitative estimate of drug-likeness (QED) is 0.252. The molecule has 0 aliphatic heterocycles. The second kappa shape index (κ2) is 13.2. The molecule has 0 saturated heterocycles. The van der Waals surface area contributed by atoms with Gasteiger partial charge >= 0.3 is 183 Å². The van der Waals surface area contributed by atoms with Gasteiger partial charge in [-0.2, -0.15) is 0 Å². The molecule has 0 aromatic heterocycles. The second-order valence-electron chi connectivity index (χ2n) is 8.25. The Balaban J connectivity index is 2.10. The first-order valence-corrected chi connectivity index (χ1v) is 19.0. The van der Waals surface area contributed by atoms with Crippen LogP contribution in [0.25, 0.3) is 0 Å². The van der Waals surface area contributed by atoms with Crippen LogP contribution in [0.1, 0.15) is 64.9 Å². The average Bonchev–Trinajstić information content (AvgIpc) is 2.78. The van der Waals surface area contributed by atoms with Crippen LogP contribution in [0.15, 0.2) is 48.5 Å². The Morgan fingerprint density at radius 3 is 1.59 bits per heavy atom. The fourth-order valence-electron chi connectivity index (χ4n) is 4.15. The van der Waals surface area contributed by atoms with Gasteiger partial charge in [-0.15, -0.1) is 0 Å². The van der Waals surface area contributed by atoms with Crippen molar-refractivity contribution < 1.29 is 9.47 Å². The van der Waals surface area contributed by atoms with Crippen LogP contribution in [0.3, 0.4) is 0 Å². The molecule has 0 heterocycles. The van der Waals surface area contributed by atoms with E-state index in [2.05, 4.69) is 57.2 Å². The summed E-state index contributed by atoms with van der Waals surface area (Å²) in [7, 11) is 1.69. The summed E-state index contributed by atoms with van der Waals surface area (Å²) in [5.41, 5.74) is 1.16. The van der Waals surface area contributed by atoms with Gasteiger partial charge in [0.05, 0.1) is 0 Å².